The molecule has 3 aromatic rings. The van der Waals surface area contributed by atoms with Gasteiger partial charge in [0.15, 0.2) is 28.7 Å². The number of benzene rings is 2. The molecule has 10 heteroatoms. The van der Waals surface area contributed by atoms with Gasteiger partial charge in [0.2, 0.25) is 5.91 Å². The molecule has 0 aliphatic carbocycles. The first-order chi connectivity index (χ1) is 18.0. The first kappa shape index (κ1) is 25.9. The summed E-state index contributed by atoms with van der Waals surface area (Å²) in [5.74, 6) is 2.19. The highest BCUT2D eigenvalue weighted by atomic mass is 16.5. The van der Waals surface area contributed by atoms with Gasteiger partial charge in [0.1, 0.15) is 0 Å². The number of aromatic amines is 1. The summed E-state index contributed by atoms with van der Waals surface area (Å²) in [6.07, 6.45) is 1.45. The van der Waals surface area contributed by atoms with Gasteiger partial charge in [-0.05, 0) is 41.8 Å². The smallest absolute Gasteiger partial charge is 0.272 e. The monoisotopic (exact) mass is 508 g/mol. The lowest BCUT2D eigenvalue weighted by molar-refractivity contribution is -0.131. The first-order valence-electron chi connectivity index (χ1n) is 12.0. The van der Waals surface area contributed by atoms with Crippen LogP contribution in [0.15, 0.2) is 36.4 Å². The molecular formula is C27H32N4O6. The van der Waals surface area contributed by atoms with Crippen LogP contribution in [0.2, 0.25) is 0 Å². The van der Waals surface area contributed by atoms with Gasteiger partial charge in [-0.1, -0.05) is 12.1 Å². The number of aromatic nitrogens is 2. The largest absolute Gasteiger partial charge is 0.493 e. The second kappa shape index (κ2) is 11.7. The van der Waals surface area contributed by atoms with E-state index >= 15 is 0 Å². The van der Waals surface area contributed by atoms with Crippen LogP contribution in [0, 0.1) is 0 Å². The second-order valence-electron chi connectivity index (χ2n) is 8.66. The zero-order valence-corrected chi connectivity index (χ0v) is 21.6. The van der Waals surface area contributed by atoms with Crippen molar-refractivity contribution in [2.45, 2.75) is 25.8 Å². The Morgan fingerprint density at radius 3 is 2.19 bits per heavy atom. The van der Waals surface area contributed by atoms with Crippen LogP contribution in [-0.2, 0) is 30.6 Å². The Kier molecular flexibility index (Phi) is 8.17. The van der Waals surface area contributed by atoms with Crippen molar-refractivity contribution in [1.82, 2.24) is 20.4 Å². The summed E-state index contributed by atoms with van der Waals surface area (Å²) in [6.45, 7) is 1.32. The average Bonchev–Trinajstić information content (AvgIpc) is 3.36. The molecule has 2 heterocycles. The molecule has 196 valence electrons. The molecule has 1 aliphatic heterocycles. The molecule has 0 fully saturated rings. The lowest BCUT2D eigenvalue weighted by Gasteiger charge is -2.27. The number of methoxy groups -OCH3 is 4. The maximum Gasteiger partial charge on any atom is 0.272 e. The molecule has 2 N–H and O–H groups in total. The SMILES string of the molecule is COc1ccc(CCNC(=O)c2n[nH]c3c2CN(C(=O)Cc2ccc(OC)c(OC)c2)CC3)cc1OC. The number of carbonyl (C=O) groups excluding carboxylic acids is 2. The maximum atomic E-state index is 13.1. The molecule has 2 aromatic carbocycles. The van der Waals surface area contributed by atoms with Crippen LogP contribution in [0.5, 0.6) is 23.0 Å². The molecule has 0 saturated carbocycles. The Balaban J connectivity index is 1.36. The fourth-order valence-electron chi connectivity index (χ4n) is 4.41. The molecule has 0 radical (unpaired) electrons. The number of nitrogens with zero attached hydrogens (tertiary/aromatic N) is 2. The van der Waals surface area contributed by atoms with Crippen LogP contribution in [0.25, 0.3) is 0 Å². The summed E-state index contributed by atoms with van der Waals surface area (Å²) in [5, 5.41) is 10.2. The number of amides is 2. The van der Waals surface area contributed by atoms with Crippen LogP contribution in [-0.4, -0.2) is 68.4 Å². The second-order valence-corrected chi connectivity index (χ2v) is 8.66. The van der Waals surface area contributed by atoms with Crippen LogP contribution < -0.4 is 24.3 Å². The number of fused-ring (bicyclic) bond motifs is 1. The molecular weight excluding hydrogens is 476 g/mol. The van der Waals surface area contributed by atoms with Crippen LogP contribution in [0.3, 0.4) is 0 Å². The third-order valence-electron chi connectivity index (χ3n) is 6.45. The summed E-state index contributed by atoms with van der Waals surface area (Å²) in [5.41, 5.74) is 3.81. The molecule has 2 amide bonds. The Bertz CT molecular complexity index is 1270. The lowest BCUT2D eigenvalue weighted by atomic mass is 10.0. The summed E-state index contributed by atoms with van der Waals surface area (Å²) in [4.78, 5) is 27.7. The van der Waals surface area contributed by atoms with Crippen LogP contribution in [0.1, 0.15) is 32.9 Å². The van der Waals surface area contributed by atoms with Gasteiger partial charge in [-0.2, -0.15) is 5.10 Å². The molecule has 10 nitrogen and oxygen atoms in total. The topological polar surface area (TPSA) is 115 Å². The van der Waals surface area contributed by atoms with Crippen molar-refractivity contribution in [3.05, 3.63) is 64.5 Å². The van der Waals surface area contributed by atoms with E-state index in [2.05, 4.69) is 15.5 Å². The zero-order valence-electron chi connectivity index (χ0n) is 21.6. The molecule has 0 atom stereocenters. The van der Waals surface area contributed by atoms with Crippen molar-refractivity contribution in [2.24, 2.45) is 0 Å². The highest BCUT2D eigenvalue weighted by Crippen LogP contribution is 2.29. The Hall–Kier alpha value is -4.21. The van der Waals surface area contributed by atoms with Crippen molar-refractivity contribution in [2.75, 3.05) is 41.5 Å². The van der Waals surface area contributed by atoms with Gasteiger partial charge in [0.05, 0.1) is 34.9 Å². The summed E-state index contributed by atoms with van der Waals surface area (Å²) in [7, 11) is 6.32. The van der Waals surface area contributed by atoms with Gasteiger partial charge in [-0.25, -0.2) is 0 Å². The van der Waals surface area contributed by atoms with E-state index in [9.17, 15) is 9.59 Å². The summed E-state index contributed by atoms with van der Waals surface area (Å²) in [6, 6.07) is 11.1. The number of rotatable bonds is 10. The molecule has 0 unspecified atom stereocenters. The van der Waals surface area contributed by atoms with Crippen molar-refractivity contribution in [3.8, 4) is 23.0 Å². The van der Waals surface area contributed by atoms with Gasteiger partial charge < -0.3 is 29.2 Å². The highest BCUT2D eigenvalue weighted by molar-refractivity contribution is 5.94. The predicted octanol–water partition coefficient (Wildman–Crippen LogP) is 2.54. The van der Waals surface area contributed by atoms with Crippen LogP contribution >= 0.6 is 0 Å². The average molecular weight is 509 g/mol. The highest BCUT2D eigenvalue weighted by Gasteiger charge is 2.28. The van der Waals surface area contributed by atoms with Crippen LogP contribution in [0.4, 0.5) is 0 Å². The van der Waals surface area contributed by atoms with E-state index in [4.69, 9.17) is 18.9 Å². The molecule has 1 aliphatic rings. The summed E-state index contributed by atoms with van der Waals surface area (Å²) < 4.78 is 21.2. The van der Waals surface area contributed by atoms with Gasteiger partial charge in [-0.3, -0.25) is 14.7 Å². The van der Waals surface area contributed by atoms with Gasteiger partial charge in [-0.15, -0.1) is 0 Å². The predicted molar refractivity (Wildman–Crippen MR) is 137 cm³/mol. The van der Waals surface area contributed by atoms with Crippen molar-refractivity contribution >= 4 is 11.8 Å². The third kappa shape index (κ3) is 5.79. The fourth-order valence-corrected chi connectivity index (χ4v) is 4.41. The minimum absolute atomic E-state index is 0.0288. The Morgan fingerprint density at radius 2 is 1.54 bits per heavy atom. The molecule has 0 bridgehead atoms. The number of hydrogen-bond acceptors (Lipinski definition) is 7. The maximum absolute atomic E-state index is 13.1. The molecule has 1 aromatic heterocycles. The van der Waals surface area contributed by atoms with E-state index in [0.29, 0.717) is 61.2 Å². The third-order valence-corrected chi connectivity index (χ3v) is 6.45. The minimum atomic E-state index is -0.271. The van der Waals surface area contributed by atoms with E-state index < -0.39 is 0 Å². The number of nitrogens with one attached hydrogen (secondary N) is 2. The lowest BCUT2D eigenvalue weighted by Crippen LogP contribution is -2.37. The van der Waals surface area contributed by atoms with E-state index in [1.54, 1.807) is 45.5 Å². The standard InChI is InChI=1S/C27H32N4O6/c1-34-21-7-5-17(13-23(21)36-3)9-11-28-27(33)26-19-16-31(12-10-20(19)29-30-26)25(32)15-18-6-8-22(35-2)24(14-18)37-4/h5-8,13-14H,9-12,15-16H2,1-4H3,(H,28,33)(H,29,30). The van der Waals surface area contributed by atoms with Gasteiger partial charge >= 0.3 is 0 Å². The number of ether oxygens (including phenoxy) is 4. The molecule has 0 spiro atoms. The van der Waals surface area contributed by atoms with E-state index in [1.165, 1.54) is 0 Å². The minimum Gasteiger partial charge on any atom is -0.493 e. The molecule has 37 heavy (non-hydrogen) atoms. The van der Waals surface area contributed by atoms with E-state index in [1.807, 2.05) is 24.3 Å². The number of H-pyrrole nitrogens is 1. The zero-order chi connectivity index (χ0) is 26.4. The van der Waals surface area contributed by atoms with E-state index in [-0.39, 0.29) is 18.2 Å². The van der Waals surface area contributed by atoms with Crippen molar-refractivity contribution < 1.29 is 28.5 Å². The normalized spacial score (nSPS) is 12.5. The number of hydrogen-bond donors (Lipinski definition) is 2. The fraction of sp³-hybridized carbons (Fsp3) is 0.370. The molecule has 0 saturated heterocycles. The van der Waals surface area contributed by atoms with Gasteiger partial charge in [0, 0.05) is 37.3 Å². The quantitative estimate of drug-likeness (QED) is 0.433. The number of carbonyl (C=O) groups is 2. The Morgan fingerprint density at radius 1 is 0.919 bits per heavy atom. The first-order valence-corrected chi connectivity index (χ1v) is 12.0. The Labute approximate surface area is 215 Å². The van der Waals surface area contributed by atoms with Crippen molar-refractivity contribution in [1.29, 1.82) is 0 Å². The van der Waals surface area contributed by atoms with Crippen molar-refractivity contribution in [3.63, 3.8) is 0 Å². The van der Waals surface area contributed by atoms with Gasteiger partial charge in [0.25, 0.3) is 5.91 Å². The molecule has 4 rings (SSSR count). The van der Waals surface area contributed by atoms with E-state index in [0.717, 1.165) is 22.4 Å². The summed E-state index contributed by atoms with van der Waals surface area (Å²) >= 11 is 0.